The smallest absolute Gasteiger partial charge is 0.213 e. The molecule has 1 N–H and O–H groups in total. The van der Waals surface area contributed by atoms with Crippen LogP contribution in [0.4, 0.5) is 5.82 Å². The Bertz CT molecular complexity index is 1110. The van der Waals surface area contributed by atoms with Gasteiger partial charge >= 0.3 is 0 Å². The number of aromatic nitrogens is 4. The first kappa shape index (κ1) is 18.5. The van der Waals surface area contributed by atoms with Crippen LogP contribution in [0.25, 0.3) is 20.4 Å². The van der Waals surface area contributed by atoms with E-state index in [9.17, 15) is 0 Å². The van der Waals surface area contributed by atoms with Crippen LogP contribution in [-0.2, 0) is 11.3 Å². The molecular formula is C20H21N5O2S. The third kappa shape index (κ3) is 3.74. The predicted molar refractivity (Wildman–Crippen MR) is 111 cm³/mol. The molecule has 0 radical (unpaired) electrons. The van der Waals surface area contributed by atoms with E-state index in [-0.39, 0.29) is 0 Å². The molecule has 0 aliphatic rings. The molecule has 0 atom stereocenters. The van der Waals surface area contributed by atoms with E-state index in [1.807, 2.05) is 19.1 Å². The van der Waals surface area contributed by atoms with Gasteiger partial charge in [0.15, 0.2) is 0 Å². The predicted octanol–water partition coefficient (Wildman–Crippen LogP) is 3.89. The van der Waals surface area contributed by atoms with Crippen LogP contribution in [0, 0.1) is 13.8 Å². The molecule has 0 saturated heterocycles. The number of hydrogen-bond acceptors (Lipinski definition) is 8. The summed E-state index contributed by atoms with van der Waals surface area (Å²) in [5.74, 6) is 1.40. The quantitative estimate of drug-likeness (QED) is 0.475. The van der Waals surface area contributed by atoms with Crippen molar-refractivity contribution in [3.05, 3.63) is 47.5 Å². The zero-order valence-electron chi connectivity index (χ0n) is 16.0. The Morgan fingerprint density at radius 3 is 2.79 bits per heavy atom. The van der Waals surface area contributed by atoms with E-state index in [0.29, 0.717) is 25.6 Å². The van der Waals surface area contributed by atoms with Crippen LogP contribution in [0.1, 0.15) is 16.8 Å². The second-order valence-corrected chi connectivity index (χ2v) is 7.46. The van der Waals surface area contributed by atoms with Gasteiger partial charge < -0.3 is 14.8 Å². The highest BCUT2D eigenvalue weighted by Crippen LogP contribution is 2.36. The molecular weight excluding hydrogens is 374 g/mol. The topological polar surface area (TPSA) is 82.0 Å². The van der Waals surface area contributed by atoms with Crippen molar-refractivity contribution in [2.75, 3.05) is 25.6 Å². The van der Waals surface area contributed by atoms with E-state index in [1.54, 1.807) is 31.0 Å². The molecule has 0 spiro atoms. The lowest BCUT2D eigenvalue weighted by Gasteiger charge is -2.08. The lowest BCUT2D eigenvalue weighted by Crippen LogP contribution is -2.06. The molecule has 0 fully saturated rings. The van der Waals surface area contributed by atoms with Gasteiger partial charge in [0.2, 0.25) is 5.88 Å². The molecule has 4 heterocycles. The van der Waals surface area contributed by atoms with E-state index < -0.39 is 0 Å². The summed E-state index contributed by atoms with van der Waals surface area (Å²) in [6, 6.07) is 5.93. The van der Waals surface area contributed by atoms with Gasteiger partial charge in [-0.2, -0.15) is 0 Å². The maximum atomic E-state index is 5.49. The van der Waals surface area contributed by atoms with Gasteiger partial charge in [-0.15, -0.1) is 11.3 Å². The average Bonchev–Trinajstić information content (AvgIpc) is 3.06. The zero-order chi connectivity index (χ0) is 19.5. The van der Waals surface area contributed by atoms with Crippen LogP contribution in [0.15, 0.2) is 30.7 Å². The fourth-order valence-corrected chi connectivity index (χ4v) is 4.27. The van der Waals surface area contributed by atoms with E-state index in [4.69, 9.17) is 9.47 Å². The van der Waals surface area contributed by atoms with Gasteiger partial charge in [0.1, 0.15) is 23.6 Å². The molecule has 8 heteroatoms. The summed E-state index contributed by atoms with van der Waals surface area (Å²) in [6.07, 6.45) is 3.40. The first-order valence-corrected chi connectivity index (χ1v) is 9.79. The first-order chi connectivity index (χ1) is 13.7. The van der Waals surface area contributed by atoms with Crippen molar-refractivity contribution >= 4 is 37.6 Å². The lowest BCUT2D eigenvalue weighted by atomic mass is 10.1. The molecule has 7 nitrogen and oxygen atoms in total. The molecule has 4 aromatic rings. The van der Waals surface area contributed by atoms with Gasteiger partial charge in [-0.05, 0) is 31.0 Å². The third-order valence-corrected chi connectivity index (χ3v) is 5.43. The van der Waals surface area contributed by atoms with Crippen molar-refractivity contribution in [3.63, 3.8) is 0 Å². The summed E-state index contributed by atoms with van der Waals surface area (Å²) in [4.78, 5) is 18.9. The van der Waals surface area contributed by atoms with Gasteiger partial charge in [-0.1, -0.05) is 6.07 Å². The number of hydrogen-bond donors (Lipinski definition) is 1. The molecule has 28 heavy (non-hydrogen) atoms. The summed E-state index contributed by atoms with van der Waals surface area (Å²) in [5.41, 5.74) is 4.18. The minimum Gasteiger partial charge on any atom is -0.475 e. The highest BCUT2D eigenvalue weighted by atomic mass is 32.1. The number of methoxy groups -OCH3 is 1. The average molecular weight is 395 g/mol. The van der Waals surface area contributed by atoms with Gasteiger partial charge in [-0.3, -0.25) is 0 Å². The molecule has 0 saturated carbocycles. The maximum Gasteiger partial charge on any atom is 0.213 e. The van der Waals surface area contributed by atoms with E-state index in [1.165, 1.54) is 5.56 Å². The largest absolute Gasteiger partial charge is 0.475 e. The number of anilines is 1. The first-order valence-electron chi connectivity index (χ1n) is 8.97. The van der Waals surface area contributed by atoms with E-state index in [0.717, 1.165) is 37.5 Å². The van der Waals surface area contributed by atoms with Crippen molar-refractivity contribution < 1.29 is 9.47 Å². The second kappa shape index (κ2) is 8.04. The monoisotopic (exact) mass is 395 g/mol. The normalized spacial score (nSPS) is 11.2. The third-order valence-electron chi connectivity index (χ3n) is 4.35. The van der Waals surface area contributed by atoms with Crippen LogP contribution in [0.2, 0.25) is 0 Å². The van der Waals surface area contributed by atoms with Gasteiger partial charge in [0, 0.05) is 37.0 Å². The molecule has 0 bridgehead atoms. The van der Waals surface area contributed by atoms with Gasteiger partial charge in [0.25, 0.3) is 0 Å². The molecule has 0 aliphatic carbocycles. The van der Waals surface area contributed by atoms with Crippen molar-refractivity contribution in [2.24, 2.45) is 0 Å². The molecule has 0 amide bonds. The second-order valence-electron chi connectivity index (χ2n) is 6.46. The van der Waals surface area contributed by atoms with Crippen LogP contribution in [-0.4, -0.2) is 40.3 Å². The Morgan fingerprint density at radius 1 is 1.11 bits per heavy atom. The van der Waals surface area contributed by atoms with Crippen LogP contribution in [0.3, 0.4) is 0 Å². The molecule has 0 aromatic carbocycles. The molecule has 4 rings (SSSR count). The van der Waals surface area contributed by atoms with Crippen molar-refractivity contribution in [1.82, 2.24) is 19.9 Å². The summed E-state index contributed by atoms with van der Waals surface area (Å²) in [7, 11) is 1.64. The van der Waals surface area contributed by atoms with Crippen molar-refractivity contribution in [1.29, 1.82) is 0 Å². The Balaban J connectivity index is 1.54. The van der Waals surface area contributed by atoms with E-state index in [2.05, 4.69) is 38.2 Å². The Labute approximate surface area is 166 Å². The fraction of sp³-hybridized carbons (Fsp3) is 0.300. The van der Waals surface area contributed by atoms with E-state index >= 15 is 0 Å². The number of thiophene rings is 1. The maximum absolute atomic E-state index is 5.49. The number of rotatable bonds is 7. The standard InChI is InChI=1S/C20H21N5O2S/c1-12-8-13(2)25-20-16(12)17-18(28-20)19(24-11-23-17)22-10-14-4-5-15(21-9-14)27-7-6-26-3/h4-5,8-9,11H,6-7,10H2,1-3H3,(H,22,23,24). The molecule has 4 aromatic heterocycles. The summed E-state index contributed by atoms with van der Waals surface area (Å²) in [6.45, 7) is 5.74. The Morgan fingerprint density at radius 2 is 2.00 bits per heavy atom. The molecule has 0 aliphatic heterocycles. The number of aryl methyl sites for hydroxylation is 2. The van der Waals surface area contributed by atoms with Gasteiger partial charge in [0.05, 0.1) is 16.8 Å². The Kier molecular flexibility index (Phi) is 5.31. The fourth-order valence-electron chi connectivity index (χ4n) is 3.05. The lowest BCUT2D eigenvalue weighted by molar-refractivity contribution is 0.143. The Hall–Kier alpha value is -2.84. The summed E-state index contributed by atoms with van der Waals surface area (Å²) >= 11 is 1.62. The van der Waals surface area contributed by atoms with Crippen molar-refractivity contribution in [3.8, 4) is 5.88 Å². The number of ether oxygens (including phenoxy) is 2. The van der Waals surface area contributed by atoms with Crippen LogP contribution < -0.4 is 10.1 Å². The highest BCUT2D eigenvalue weighted by Gasteiger charge is 2.14. The van der Waals surface area contributed by atoms with Crippen LogP contribution >= 0.6 is 11.3 Å². The SMILES string of the molecule is COCCOc1ccc(CNc2ncnc3c2sc2nc(C)cc(C)c23)cn1. The zero-order valence-corrected chi connectivity index (χ0v) is 16.8. The number of pyridine rings is 2. The molecule has 0 unspecified atom stereocenters. The van der Waals surface area contributed by atoms with Crippen molar-refractivity contribution in [2.45, 2.75) is 20.4 Å². The van der Waals surface area contributed by atoms with Crippen LogP contribution in [0.5, 0.6) is 5.88 Å². The number of fused-ring (bicyclic) bond motifs is 3. The molecule has 144 valence electrons. The summed E-state index contributed by atoms with van der Waals surface area (Å²) < 4.78 is 11.5. The highest BCUT2D eigenvalue weighted by molar-refractivity contribution is 7.26. The number of nitrogens with one attached hydrogen (secondary N) is 1. The number of nitrogens with zero attached hydrogens (tertiary/aromatic N) is 4. The minimum atomic E-state index is 0.485. The minimum absolute atomic E-state index is 0.485. The summed E-state index contributed by atoms with van der Waals surface area (Å²) in [5, 5.41) is 4.51. The van der Waals surface area contributed by atoms with Gasteiger partial charge in [-0.25, -0.2) is 19.9 Å².